The summed E-state index contributed by atoms with van der Waals surface area (Å²) < 4.78 is 0. The molecule has 19 heavy (non-hydrogen) atoms. The van der Waals surface area contributed by atoms with Crippen molar-refractivity contribution in [2.24, 2.45) is 11.7 Å². The number of hydrogen-bond donors (Lipinski definition) is 1. The maximum absolute atomic E-state index is 6.10. The molecule has 0 aromatic heterocycles. The third kappa shape index (κ3) is 3.85. The molecule has 4 heteroatoms. The van der Waals surface area contributed by atoms with Crippen LogP contribution in [0.3, 0.4) is 0 Å². The van der Waals surface area contributed by atoms with Crippen molar-refractivity contribution in [1.82, 2.24) is 4.90 Å². The summed E-state index contributed by atoms with van der Waals surface area (Å²) in [4.78, 5) is 2.45. The van der Waals surface area contributed by atoms with Gasteiger partial charge in [0.05, 0.1) is 0 Å². The van der Waals surface area contributed by atoms with Gasteiger partial charge in [-0.1, -0.05) is 36.5 Å². The second-order valence-electron chi connectivity index (χ2n) is 5.34. The molecular formula is C15H22Cl2N2. The van der Waals surface area contributed by atoms with E-state index in [4.69, 9.17) is 28.9 Å². The number of halogens is 2. The highest BCUT2D eigenvalue weighted by molar-refractivity contribution is 6.34. The van der Waals surface area contributed by atoms with E-state index in [9.17, 15) is 0 Å². The largest absolute Gasteiger partial charge is 0.329 e. The quantitative estimate of drug-likeness (QED) is 0.856. The highest BCUT2D eigenvalue weighted by atomic mass is 35.5. The monoisotopic (exact) mass is 300 g/mol. The fraction of sp³-hybridized carbons (Fsp3) is 0.600. The van der Waals surface area contributed by atoms with Crippen LogP contribution in [-0.2, 0) is 0 Å². The molecule has 1 atom stereocenters. The van der Waals surface area contributed by atoms with E-state index in [1.54, 1.807) is 6.07 Å². The van der Waals surface area contributed by atoms with E-state index in [1.807, 2.05) is 12.1 Å². The van der Waals surface area contributed by atoms with E-state index in [1.165, 1.54) is 19.3 Å². The van der Waals surface area contributed by atoms with Gasteiger partial charge in [0.2, 0.25) is 0 Å². The van der Waals surface area contributed by atoms with Crippen molar-refractivity contribution >= 4 is 23.2 Å². The van der Waals surface area contributed by atoms with Gasteiger partial charge in [-0.3, -0.25) is 4.90 Å². The minimum absolute atomic E-state index is 0.210. The predicted molar refractivity (Wildman–Crippen MR) is 82.8 cm³/mol. The van der Waals surface area contributed by atoms with Gasteiger partial charge in [0.25, 0.3) is 0 Å². The lowest BCUT2D eigenvalue weighted by molar-refractivity contribution is 0.141. The molecule has 0 spiro atoms. The molecule has 106 valence electrons. The summed E-state index contributed by atoms with van der Waals surface area (Å²) in [6.07, 6.45) is 4.08. The van der Waals surface area contributed by atoms with E-state index in [2.05, 4.69) is 11.8 Å². The van der Waals surface area contributed by atoms with E-state index in [-0.39, 0.29) is 6.04 Å². The normalized spacial score (nSPS) is 17.5. The van der Waals surface area contributed by atoms with Gasteiger partial charge in [0.15, 0.2) is 0 Å². The van der Waals surface area contributed by atoms with Crippen LogP contribution >= 0.6 is 23.2 Å². The van der Waals surface area contributed by atoms with Gasteiger partial charge in [-0.25, -0.2) is 0 Å². The SMILES string of the molecule is CCN(CC1CCC1)C(CN)c1cc(Cl)cc(Cl)c1. The summed E-state index contributed by atoms with van der Waals surface area (Å²) in [7, 11) is 0. The zero-order valence-corrected chi connectivity index (χ0v) is 12.9. The van der Waals surface area contributed by atoms with Gasteiger partial charge in [0, 0.05) is 29.2 Å². The number of likely N-dealkylation sites (N-methyl/N-ethyl adjacent to an activating group) is 1. The first-order valence-corrected chi connectivity index (χ1v) is 7.79. The van der Waals surface area contributed by atoms with Crippen LogP contribution in [0.4, 0.5) is 0 Å². The summed E-state index contributed by atoms with van der Waals surface area (Å²) in [6.45, 7) is 4.91. The summed E-state index contributed by atoms with van der Waals surface area (Å²) in [5.74, 6) is 0.837. The lowest BCUT2D eigenvalue weighted by Crippen LogP contribution is -2.38. The lowest BCUT2D eigenvalue weighted by Gasteiger charge is -2.36. The summed E-state index contributed by atoms with van der Waals surface area (Å²) in [6, 6.07) is 5.94. The summed E-state index contributed by atoms with van der Waals surface area (Å²) in [5, 5.41) is 1.36. The minimum atomic E-state index is 0.210. The smallest absolute Gasteiger partial charge is 0.0471 e. The Balaban J connectivity index is 2.15. The fourth-order valence-electron chi connectivity index (χ4n) is 2.75. The zero-order chi connectivity index (χ0) is 13.8. The van der Waals surface area contributed by atoms with E-state index < -0.39 is 0 Å². The van der Waals surface area contributed by atoms with Crippen molar-refractivity contribution in [3.05, 3.63) is 33.8 Å². The van der Waals surface area contributed by atoms with Gasteiger partial charge in [-0.15, -0.1) is 0 Å². The number of nitrogens with zero attached hydrogens (tertiary/aromatic N) is 1. The number of benzene rings is 1. The Morgan fingerprint density at radius 3 is 2.32 bits per heavy atom. The summed E-state index contributed by atoms with van der Waals surface area (Å²) >= 11 is 12.2. The Morgan fingerprint density at radius 2 is 1.89 bits per heavy atom. The molecule has 1 saturated carbocycles. The molecule has 1 aromatic rings. The van der Waals surface area contributed by atoms with Crippen LogP contribution < -0.4 is 5.73 Å². The predicted octanol–water partition coefficient (Wildman–Crippen LogP) is 4.12. The van der Waals surface area contributed by atoms with Crippen LogP contribution in [0.1, 0.15) is 37.8 Å². The Hall–Kier alpha value is -0.280. The molecule has 0 amide bonds. The Morgan fingerprint density at radius 1 is 1.26 bits per heavy atom. The maximum Gasteiger partial charge on any atom is 0.0471 e. The average molecular weight is 301 g/mol. The summed E-state index contributed by atoms with van der Waals surface area (Å²) in [5.41, 5.74) is 7.11. The minimum Gasteiger partial charge on any atom is -0.329 e. The molecule has 2 rings (SSSR count). The van der Waals surface area contributed by atoms with Crippen LogP contribution in [-0.4, -0.2) is 24.5 Å². The van der Waals surface area contributed by atoms with Gasteiger partial charge < -0.3 is 5.73 Å². The fourth-order valence-corrected chi connectivity index (χ4v) is 3.29. The first kappa shape index (κ1) is 15.1. The molecule has 2 nitrogen and oxygen atoms in total. The molecule has 0 radical (unpaired) electrons. The standard InChI is InChI=1S/C15H22Cl2N2/c1-2-19(10-11-4-3-5-11)15(9-18)12-6-13(16)8-14(17)7-12/h6-8,11,15H,2-5,9-10,18H2,1H3. The van der Waals surface area contributed by atoms with Crippen molar-refractivity contribution in [3.8, 4) is 0 Å². The van der Waals surface area contributed by atoms with Gasteiger partial charge in [-0.2, -0.15) is 0 Å². The van der Waals surface area contributed by atoms with Crippen molar-refractivity contribution < 1.29 is 0 Å². The molecule has 0 aliphatic heterocycles. The number of hydrogen-bond acceptors (Lipinski definition) is 2. The third-order valence-electron chi connectivity index (χ3n) is 4.06. The number of nitrogens with two attached hydrogens (primary N) is 1. The zero-order valence-electron chi connectivity index (χ0n) is 11.4. The van der Waals surface area contributed by atoms with Gasteiger partial charge in [-0.05, 0) is 49.1 Å². The maximum atomic E-state index is 6.10. The van der Waals surface area contributed by atoms with Crippen molar-refractivity contribution in [3.63, 3.8) is 0 Å². The molecule has 0 saturated heterocycles. The average Bonchev–Trinajstić information content (AvgIpc) is 2.30. The Labute approximate surface area is 125 Å². The number of rotatable bonds is 6. The van der Waals surface area contributed by atoms with Crippen molar-refractivity contribution in [1.29, 1.82) is 0 Å². The molecule has 1 aromatic carbocycles. The van der Waals surface area contributed by atoms with E-state index >= 15 is 0 Å². The van der Waals surface area contributed by atoms with E-state index in [0.717, 1.165) is 24.6 Å². The van der Waals surface area contributed by atoms with Crippen LogP contribution in [0.25, 0.3) is 0 Å². The molecule has 1 fully saturated rings. The lowest BCUT2D eigenvalue weighted by atomic mass is 9.84. The highest BCUT2D eigenvalue weighted by Gasteiger charge is 2.25. The second kappa shape index (κ2) is 6.94. The first-order chi connectivity index (χ1) is 9.13. The van der Waals surface area contributed by atoms with E-state index in [0.29, 0.717) is 16.6 Å². The Kier molecular flexibility index (Phi) is 5.52. The highest BCUT2D eigenvalue weighted by Crippen LogP contribution is 2.31. The van der Waals surface area contributed by atoms with Crippen LogP contribution in [0, 0.1) is 5.92 Å². The first-order valence-electron chi connectivity index (χ1n) is 7.04. The molecule has 0 heterocycles. The van der Waals surface area contributed by atoms with Crippen molar-refractivity contribution in [2.75, 3.05) is 19.6 Å². The van der Waals surface area contributed by atoms with Crippen molar-refractivity contribution in [2.45, 2.75) is 32.2 Å². The molecule has 0 bridgehead atoms. The Bertz CT molecular complexity index is 398. The van der Waals surface area contributed by atoms with Gasteiger partial charge in [0.1, 0.15) is 0 Å². The molecule has 1 aliphatic carbocycles. The van der Waals surface area contributed by atoms with Crippen LogP contribution in [0.5, 0.6) is 0 Å². The molecule has 1 unspecified atom stereocenters. The van der Waals surface area contributed by atoms with Crippen LogP contribution in [0.15, 0.2) is 18.2 Å². The molecule has 1 aliphatic rings. The second-order valence-corrected chi connectivity index (χ2v) is 6.21. The third-order valence-corrected chi connectivity index (χ3v) is 4.49. The molecular weight excluding hydrogens is 279 g/mol. The topological polar surface area (TPSA) is 29.3 Å². The van der Waals surface area contributed by atoms with Crippen LogP contribution in [0.2, 0.25) is 10.0 Å². The molecule has 2 N–H and O–H groups in total. The van der Waals surface area contributed by atoms with Gasteiger partial charge >= 0.3 is 0 Å².